The molecule has 2 amide bonds. The summed E-state index contributed by atoms with van der Waals surface area (Å²) >= 11 is 5.78. The second kappa shape index (κ2) is 12.8. The molecule has 47 heavy (non-hydrogen) atoms. The molecule has 252 valence electrons. The number of alkyl halides is 4. The molecule has 0 bridgehead atoms. The van der Waals surface area contributed by atoms with Crippen molar-refractivity contribution >= 4 is 35.1 Å². The van der Waals surface area contributed by atoms with Crippen LogP contribution in [-0.2, 0) is 42.9 Å². The highest BCUT2D eigenvalue weighted by molar-refractivity contribution is 6.29. The number of aromatic nitrogens is 4. The molecule has 1 atom stereocenters. The van der Waals surface area contributed by atoms with E-state index in [1.165, 1.54) is 11.0 Å². The monoisotopic (exact) mass is 672 g/mol. The van der Waals surface area contributed by atoms with Gasteiger partial charge in [0.15, 0.2) is 0 Å². The zero-order valence-electron chi connectivity index (χ0n) is 27.1. The number of fused-ring (bicyclic) bond motifs is 1. The number of piperazine rings is 1. The zero-order valence-corrected chi connectivity index (χ0v) is 27.8. The number of halogens is 4. The van der Waals surface area contributed by atoms with Crippen LogP contribution in [0, 0.1) is 5.92 Å². The second-order valence-electron chi connectivity index (χ2n) is 13.6. The molecule has 0 spiro atoms. The van der Waals surface area contributed by atoms with Crippen LogP contribution >= 0.6 is 11.6 Å². The summed E-state index contributed by atoms with van der Waals surface area (Å²) in [5.41, 5.74) is 0.0591. The number of rotatable bonds is 9. The highest BCUT2D eigenvalue weighted by Gasteiger charge is 2.44. The van der Waals surface area contributed by atoms with Crippen molar-refractivity contribution in [3.63, 3.8) is 0 Å². The maximum Gasteiger partial charge on any atom is 0.416 e. The van der Waals surface area contributed by atoms with Gasteiger partial charge in [0, 0.05) is 56.7 Å². The van der Waals surface area contributed by atoms with Gasteiger partial charge in [-0.05, 0) is 66.8 Å². The number of aryl methyl sites for hydroxylation is 1. The van der Waals surface area contributed by atoms with E-state index in [4.69, 9.17) is 11.6 Å². The molecule has 2 fully saturated rings. The van der Waals surface area contributed by atoms with E-state index in [0.717, 1.165) is 50.3 Å². The van der Waals surface area contributed by atoms with E-state index >= 15 is 0 Å². The van der Waals surface area contributed by atoms with Crippen molar-refractivity contribution < 1.29 is 22.8 Å². The van der Waals surface area contributed by atoms with Crippen LogP contribution in [0.3, 0.4) is 0 Å². The highest BCUT2D eigenvalue weighted by atomic mass is 35.5. The molecule has 4 heterocycles. The molecule has 1 aliphatic carbocycles. The van der Waals surface area contributed by atoms with Crippen LogP contribution in [0.5, 0.6) is 0 Å². The summed E-state index contributed by atoms with van der Waals surface area (Å²) in [6, 6.07) is 6.52. The van der Waals surface area contributed by atoms with Crippen molar-refractivity contribution in [2.24, 2.45) is 13.0 Å². The number of hydrogen-bond acceptors (Lipinski definition) is 7. The summed E-state index contributed by atoms with van der Waals surface area (Å²) in [7, 11) is 3.92. The number of pyridine rings is 1. The van der Waals surface area contributed by atoms with Crippen LogP contribution in [0.1, 0.15) is 71.5 Å². The smallest absolute Gasteiger partial charge is 0.321 e. The van der Waals surface area contributed by atoms with Crippen LogP contribution in [0.15, 0.2) is 30.6 Å². The normalized spacial score (nSPS) is 20.1. The van der Waals surface area contributed by atoms with E-state index in [-0.39, 0.29) is 46.6 Å². The molecule has 1 saturated heterocycles. The Hall–Kier alpha value is -3.55. The number of benzene rings is 1. The third kappa shape index (κ3) is 6.62. The minimum Gasteiger partial charge on any atom is -0.321 e. The Labute approximate surface area is 277 Å². The number of anilines is 2. The number of carbonyl (C=O) groups is 2. The molecule has 1 saturated carbocycles. The molecule has 3 aromatic rings. The molecule has 14 heteroatoms. The van der Waals surface area contributed by atoms with Gasteiger partial charge in [-0.15, -0.1) is 21.8 Å². The SMILES string of the molecule is CC(C)[C@H]1CN(C)CCN1Cc1cc2c(c(C(F)(F)F)c1)CN(c1cc(C3(Cc4nncn4C)CCC3)cc(NC(=O)CCl)n1)C2=O. The Morgan fingerprint density at radius 1 is 1.15 bits per heavy atom. The number of likely N-dealkylation sites (N-methyl/N-ethyl adjacent to an activating group) is 1. The lowest BCUT2D eigenvalue weighted by Crippen LogP contribution is -2.53. The fourth-order valence-electron chi connectivity index (χ4n) is 7.19. The van der Waals surface area contributed by atoms with Crippen molar-refractivity contribution in [2.45, 2.75) is 70.3 Å². The second-order valence-corrected chi connectivity index (χ2v) is 13.8. The van der Waals surface area contributed by atoms with E-state index in [1.54, 1.807) is 24.5 Å². The summed E-state index contributed by atoms with van der Waals surface area (Å²) < 4.78 is 45.7. The van der Waals surface area contributed by atoms with Crippen LogP contribution < -0.4 is 10.2 Å². The number of hydrogen-bond donors (Lipinski definition) is 1. The van der Waals surface area contributed by atoms with Gasteiger partial charge in [-0.2, -0.15) is 13.2 Å². The van der Waals surface area contributed by atoms with Gasteiger partial charge >= 0.3 is 6.18 Å². The number of nitrogens with one attached hydrogen (secondary N) is 1. The quantitative estimate of drug-likeness (QED) is 0.320. The van der Waals surface area contributed by atoms with Crippen molar-refractivity contribution in [3.8, 4) is 0 Å². The maximum atomic E-state index is 14.6. The van der Waals surface area contributed by atoms with Gasteiger partial charge in [-0.1, -0.05) is 20.3 Å². The van der Waals surface area contributed by atoms with E-state index in [0.29, 0.717) is 24.4 Å². The third-order valence-electron chi connectivity index (χ3n) is 10.0. The molecule has 3 aliphatic rings. The summed E-state index contributed by atoms with van der Waals surface area (Å²) in [5.74, 6) is 0.104. The van der Waals surface area contributed by atoms with Gasteiger partial charge in [0.25, 0.3) is 5.91 Å². The van der Waals surface area contributed by atoms with Crippen molar-refractivity contribution in [2.75, 3.05) is 42.8 Å². The van der Waals surface area contributed by atoms with Crippen molar-refractivity contribution in [1.29, 1.82) is 0 Å². The molecule has 6 rings (SSSR count). The number of carbonyl (C=O) groups excluding carboxylic acids is 2. The van der Waals surface area contributed by atoms with Crippen LogP contribution in [0.2, 0.25) is 0 Å². The minimum absolute atomic E-state index is 0.0287. The standard InChI is InChI=1S/C33H40ClF3N8O2/c1-20(2)26-18-42(3)8-9-44(26)16-21-10-23-24(25(11-21)33(35,36)37)17-45(31(23)47)28-13-22(12-27(39-28)40-30(46)15-34)32(6-5-7-32)14-29-41-38-19-43(29)4/h10-13,19-20,26H,5-9,14-18H2,1-4H3,(H,39,40,46)/t26-/m1/s1. The van der Waals surface area contributed by atoms with Crippen molar-refractivity contribution in [3.05, 3.63) is 64.2 Å². The molecule has 0 radical (unpaired) electrons. The third-order valence-corrected chi connectivity index (χ3v) is 10.2. The Balaban J connectivity index is 1.38. The van der Waals surface area contributed by atoms with Crippen LogP contribution in [0.25, 0.3) is 0 Å². The molecule has 10 nitrogen and oxygen atoms in total. The molecular weight excluding hydrogens is 633 g/mol. The van der Waals surface area contributed by atoms with Gasteiger partial charge < -0.3 is 14.8 Å². The minimum atomic E-state index is -4.66. The van der Waals surface area contributed by atoms with Gasteiger partial charge in [0.05, 0.1) is 12.1 Å². The maximum absolute atomic E-state index is 14.6. The molecule has 2 aromatic heterocycles. The first-order chi connectivity index (χ1) is 22.3. The average molecular weight is 673 g/mol. The topological polar surface area (TPSA) is 99.5 Å². The number of amides is 2. The first-order valence-corrected chi connectivity index (χ1v) is 16.5. The van der Waals surface area contributed by atoms with Crippen LogP contribution in [0.4, 0.5) is 24.8 Å². The van der Waals surface area contributed by atoms with E-state index < -0.39 is 23.6 Å². The lowest BCUT2D eigenvalue weighted by atomic mass is 9.62. The average Bonchev–Trinajstić information content (AvgIpc) is 3.56. The highest BCUT2D eigenvalue weighted by Crippen LogP contribution is 2.48. The lowest BCUT2D eigenvalue weighted by Gasteiger charge is -2.42. The van der Waals surface area contributed by atoms with Gasteiger partial charge in [-0.25, -0.2) is 4.98 Å². The van der Waals surface area contributed by atoms with Gasteiger partial charge in [0.1, 0.15) is 29.7 Å². The van der Waals surface area contributed by atoms with Gasteiger partial charge in [-0.3, -0.25) is 19.4 Å². The Kier molecular flexibility index (Phi) is 9.09. The largest absolute Gasteiger partial charge is 0.416 e. The summed E-state index contributed by atoms with van der Waals surface area (Å²) in [6.45, 7) is 6.62. The van der Waals surface area contributed by atoms with Crippen molar-refractivity contribution in [1.82, 2.24) is 29.5 Å². The number of nitrogens with zero attached hydrogens (tertiary/aromatic N) is 7. The lowest BCUT2D eigenvalue weighted by molar-refractivity contribution is -0.138. The first-order valence-electron chi connectivity index (χ1n) is 16.0. The summed E-state index contributed by atoms with van der Waals surface area (Å²) in [6.07, 6.45) is 0.157. The first kappa shape index (κ1) is 33.4. The molecule has 1 aromatic carbocycles. The summed E-state index contributed by atoms with van der Waals surface area (Å²) in [4.78, 5) is 36.7. The van der Waals surface area contributed by atoms with E-state index in [9.17, 15) is 22.8 Å². The fraction of sp³-hybridized carbons (Fsp3) is 0.545. The Morgan fingerprint density at radius 3 is 2.53 bits per heavy atom. The molecule has 1 N–H and O–H groups in total. The Morgan fingerprint density at radius 2 is 1.91 bits per heavy atom. The molecular formula is C33H40ClF3N8O2. The fourth-order valence-corrected chi connectivity index (χ4v) is 7.26. The predicted molar refractivity (Wildman–Crippen MR) is 172 cm³/mol. The van der Waals surface area contributed by atoms with Crippen LogP contribution in [-0.4, -0.2) is 80.0 Å². The Bertz CT molecular complexity index is 1670. The predicted octanol–water partition coefficient (Wildman–Crippen LogP) is 5.00. The van der Waals surface area contributed by atoms with E-state index in [1.807, 2.05) is 11.6 Å². The summed E-state index contributed by atoms with van der Waals surface area (Å²) in [5, 5.41) is 11.0. The zero-order chi connectivity index (χ0) is 33.7. The molecule has 2 aliphatic heterocycles. The molecule has 0 unspecified atom stereocenters. The van der Waals surface area contributed by atoms with Gasteiger partial charge in [0.2, 0.25) is 5.91 Å². The van der Waals surface area contributed by atoms with E-state index in [2.05, 4.69) is 51.2 Å².